The van der Waals surface area contributed by atoms with Crippen molar-refractivity contribution in [3.05, 3.63) is 75.9 Å². The van der Waals surface area contributed by atoms with Gasteiger partial charge in [-0.05, 0) is 54.4 Å². The van der Waals surface area contributed by atoms with E-state index in [0.29, 0.717) is 11.3 Å². The van der Waals surface area contributed by atoms with Crippen molar-refractivity contribution in [2.24, 2.45) is 0 Å². The van der Waals surface area contributed by atoms with E-state index in [2.05, 4.69) is 0 Å². The second kappa shape index (κ2) is 7.36. The molecule has 7 nitrogen and oxygen atoms in total. The summed E-state index contributed by atoms with van der Waals surface area (Å²) in [5.41, 5.74) is 0.916. The second-order valence-corrected chi connectivity index (χ2v) is 6.85. The number of benzene rings is 3. The fourth-order valence-corrected chi connectivity index (χ4v) is 3.17. The van der Waals surface area contributed by atoms with E-state index in [1.165, 1.54) is 24.3 Å². The molecule has 0 bridgehead atoms. The molecule has 0 fully saturated rings. The van der Waals surface area contributed by atoms with Crippen LogP contribution < -0.4 is 10.2 Å². The number of hydrogen-bond acceptors (Lipinski definition) is 7. The van der Waals surface area contributed by atoms with Crippen LogP contribution in [0, 0.1) is 6.92 Å². The average molecular weight is 406 g/mol. The number of phenolic OH excluding ortho intramolecular Hbond substituents is 3. The minimum atomic E-state index is -0.817. The Morgan fingerprint density at radius 1 is 0.900 bits per heavy atom. The molecule has 0 aliphatic heterocycles. The summed E-state index contributed by atoms with van der Waals surface area (Å²) in [7, 11) is 0. The van der Waals surface area contributed by atoms with Gasteiger partial charge >= 0.3 is 0 Å². The predicted octanol–water partition coefficient (Wildman–Crippen LogP) is 4.17. The van der Waals surface area contributed by atoms with Gasteiger partial charge in [-0.15, -0.1) is 0 Å². The molecular weight excluding hydrogens is 388 g/mol. The molecule has 152 valence electrons. The van der Waals surface area contributed by atoms with Gasteiger partial charge in [-0.1, -0.05) is 18.2 Å². The fraction of sp³-hybridized carbons (Fsp3) is 0.0870. The van der Waals surface area contributed by atoms with Crippen molar-refractivity contribution in [3.8, 4) is 40.1 Å². The highest BCUT2D eigenvalue weighted by Gasteiger charge is 2.19. The van der Waals surface area contributed by atoms with Crippen molar-refractivity contribution in [3.63, 3.8) is 0 Å². The predicted molar refractivity (Wildman–Crippen MR) is 110 cm³/mol. The fourth-order valence-electron chi connectivity index (χ4n) is 3.17. The zero-order valence-electron chi connectivity index (χ0n) is 15.9. The summed E-state index contributed by atoms with van der Waals surface area (Å²) in [6.45, 7) is 2.03. The number of rotatable bonds is 4. The summed E-state index contributed by atoms with van der Waals surface area (Å²) in [5.74, 6) is -1.36. The third-order valence-electron chi connectivity index (χ3n) is 4.74. The molecule has 1 aromatic heterocycles. The van der Waals surface area contributed by atoms with Gasteiger partial charge in [-0.2, -0.15) is 0 Å². The van der Waals surface area contributed by atoms with Crippen LogP contribution in [0.4, 0.5) is 0 Å². The first-order chi connectivity index (χ1) is 14.3. The highest BCUT2D eigenvalue weighted by atomic mass is 16.5. The lowest BCUT2D eigenvalue weighted by atomic mass is 10.1. The van der Waals surface area contributed by atoms with Crippen LogP contribution in [-0.4, -0.2) is 20.4 Å². The average Bonchev–Trinajstić information content (AvgIpc) is 2.72. The van der Waals surface area contributed by atoms with E-state index in [4.69, 9.17) is 9.15 Å². The molecule has 0 radical (unpaired) electrons. The second-order valence-electron chi connectivity index (χ2n) is 6.85. The first-order valence-corrected chi connectivity index (χ1v) is 9.07. The van der Waals surface area contributed by atoms with Crippen molar-refractivity contribution < 1.29 is 29.6 Å². The maximum absolute atomic E-state index is 12.6. The summed E-state index contributed by atoms with van der Waals surface area (Å²) >= 11 is 0. The molecule has 0 saturated heterocycles. The van der Waals surface area contributed by atoms with E-state index in [1.54, 1.807) is 0 Å². The Hall–Kier alpha value is -4.13. The Bertz CT molecular complexity index is 1320. The van der Waals surface area contributed by atoms with Gasteiger partial charge in [0.15, 0.2) is 17.3 Å². The molecule has 0 aliphatic carbocycles. The summed E-state index contributed by atoms with van der Waals surface area (Å²) < 4.78 is 11.5. The molecule has 0 unspecified atom stereocenters. The van der Waals surface area contributed by atoms with Crippen LogP contribution in [0.1, 0.15) is 11.1 Å². The summed E-state index contributed by atoms with van der Waals surface area (Å²) in [6, 6.07) is 14.1. The number of aryl methyl sites for hydroxylation is 1. The molecule has 0 atom stereocenters. The van der Waals surface area contributed by atoms with E-state index in [0.717, 1.165) is 11.6 Å². The van der Waals surface area contributed by atoms with Crippen LogP contribution in [-0.2, 0) is 6.61 Å². The molecule has 1 heterocycles. The topological polar surface area (TPSA) is 120 Å². The van der Waals surface area contributed by atoms with Crippen molar-refractivity contribution in [1.29, 1.82) is 0 Å². The van der Waals surface area contributed by atoms with Gasteiger partial charge in [0.2, 0.25) is 11.2 Å². The lowest BCUT2D eigenvalue weighted by Gasteiger charge is -2.11. The minimum absolute atomic E-state index is 0.0451. The number of phenols is 3. The smallest absolute Gasteiger partial charge is 0.238 e. The standard InChI is InChI=1S/C23H18O7/c1-12-4-2-3-5-18(12)29-11-13-8-17(26)20-19(9-13)30-23(22(28)21(20)27)14-6-7-15(24)16(25)10-14/h2-10,24-26,28H,11H2,1H3. The quantitative estimate of drug-likeness (QED) is 0.375. The molecular formula is C23H18O7. The lowest BCUT2D eigenvalue weighted by Crippen LogP contribution is -2.04. The monoisotopic (exact) mass is 406 g/mol. The number of fused-ring (bicyclic) bond motifs is 1. The van der Waals surface area contributed by atoms with Gasteiger partial charge < -0.3 is 29.6 Å². The Kier molecular flexibility index (Phi) is 4.71. The Morgan fingerprint density at radius 3 is 2.40 bits per heavy atom. The van der Waals surface area contributed by atoms with Crippen molar-refractivity contribution >= 4 is 11.0 Å². The summed E-state index contributed by atoms with van der Waals surface area (Å²) in [5, 5.41) is 39.7. The number of aromatic hydroxyl groups is 4. The van der Waals surface area contributed by atoms with Crippen LogP contribution in [0.2, 0.25) is 0 Å². The van der Waals surface area contributed by atoms with E-state index < -0.39 is 16.9 Å². The van der Waals surface area contributed by atoms with Crippen LogP contribution >= 0.6 is 0 Å². The molecule has 0 spiro atoms. The van der Waals surface area contributed by atoms with Gasteiger partial charge in [0.25, 0.3) is 0 Å². The first-order valence-electron chi connectivity index (χ1n) is 9.07. The molecule has 4 rings (SSSR count). The highest BCUT2D eigenvalue weighted by molar-refractivity contribution is 5.87. The number of hydrogen-bond donors (Lipinski definition) is 4. The zero-order valence-corrected chi connectivity index (χ0v) is 15.9. The van der Waals surface area contributed by atoms with E-state index >= 15 is 0 Å². The zero-order chi connectivity index (χ0) is 21.4. The molecule has 0 amide bonds. The van der Waals surface area contributed by atoms with E-state index in [1.807, 2.05) is 31.2 Å². The van der Waals surface area contributed by atoms with Crippen molar-refractivity contribution in [2.45, 2.75) is 13.5 Å². The van der Waals surface area contributed by atoms with Crippen molar-refractivity contribution in [2.75, 3.05) is 0 Å². The lowest BCUT2D eigenvalue weighted by molar-refractivity contribution is 0.303. The van der Waals surface area contributed by atoms with Gasteiger partial charge in [-0.3, -0.25) is 4.79 Å². The first kappa shape index (κ1) is 19.2. The Labute approximate surface area is 170 Å². The number of ether oxygens (including phenoxy) is 1. The van der Waals surface area contributed by atoms with Gasteiger partial charge in [-0.25, -0.2) is 0 Å². The van der Waals surface area contributed by atoms with Gasteiger partial charge in [0, 0.05) is 5.56 Å². The number of para-hydroxylation sites is 1. The third-order valence-corrected chi connectivity index (χ3v) is 4.74. The van der Waals surface area contributed by atoms with Crippen molar-refractivity contribution in [1.82, 2.24) is 0 Å². The van der Waals surface area contributed by atoms with Crippen LogP contribution in [0.15, 0.2) is 63.8 Å². The van der Waals surface area contributed by atoms with Crippen LogP contribution in [0.3, 0.4) is 0 Å². The van der Waals surface area contributed by atoms with Crippen LogP contribution in [0.5, 0.6) is 28.7 Å². The molecule has 0 aliphatic rings. The maximum atomic E-state index is 12.6. The maximum Gasteiger partial charge on any atom is 0.238 e. The summed E-state index contributed by atoms with van der Waals surface area (Å²) in [6.07, 6.45) is 0. The summed E-state index contributed by atoms with van der Waals surface area (Å²) in [4.78, 5) is 12.6. The normalized spacial score (nSPS) is 11.0. The third kappa shape index (κ3) is 3.37. The highest BCUT2D eigenvalue weighted by Crippen LogP contribution is 2.37. The molecule has 4 aromatic rings. The minimum Gasteiger partial charge on any atom is -0.507 e. The van der Waals surface area contributed by atoms with Gasteiger partial charge in [0.1, 0.15) is 29.1 Å². The SMILES string of the molecule is Cc1ccccc1OCc1cc(O)c2c(=O)c(O)c(-c3ccc(O)c(O)c3)oc2c1. The molecule has 3 aromatic carbocycles. The molecule has 4 N–H and O–H groups in total. The molecule has 7 heteroatoms. The Balaban J connectivity index is 1.79. The Morgan fingerprint density at radius 2 is 1.67 bits per heavy atom. The largest absolute Gasteiger partial charge is 0.507 e. The van der Waals surface area contributed by atoms with E-state index in [9.17, 15) is 25.2 Å². The van der Waals surface area contributed by atoms with E-state index in [-0.39, 0.29) is 40.4 Å². The van der Waals surface area contributed by atoms with Crippen LogP contribution in [0.25, 0.3) is 22.3 Å². The molecule has 30 heavy (non-hydrogen) atoms. The van der Waals surface area contributed by atoms with Gasteiger partial charge in [0.05, 0.1) is 0 Å². The molecule has 0 saturated carbocycles.